The van der Waals surface area contributed by atoms with E-state index in [1.807, 2.05) is 0 Å². The molecule has 3 nitrogen and oxygen atoms in total. The van der Waals surface area contributed by atoms with E-state index in [2.05, 4.69) is 31.8 Å². The van der Waals surface area contributed by atoms with E-state index in [0.29, 0.717) is 16.9 Å². The normalized spacial score (nSPS) is 38.8. The molecule has 2 fully saturated rings. The molecule has 0 aromatic rings. The van der Waals surface area contributed by atoms with Crippen LogP contribution in [0.15, 0.2) is 0 Å². The van der Waals surface area contributed by atoms with Gasteiger partial charge in [-0.2, -0.15) is 0 Å². The van der Waals surface area contributed by atoms with Crippen LogP contribution in [0.3, 0.4) is 0 Å². The van der Waals surface area contributed by atoms with Gasteiger partial charge in [0, 0.05) is 0 Å². The number of nitrogens with two attached hydrogens (primary N) is 1. The van der Waals surface area contributed by atoms with E-state index < -0.39 is 0 Å². The third kappa shape index (κ3) is 2.13. The van der Waals surface area contributed by atoms with E-state index in [1.165, 1.54) is 19.3 Å². The molecule has 0 saturated heterocycles. The minimum absolute atomic E-state index is 0.421. The van der Waals surface area contributed by atoms with Gasteiger partial charge >= 0.3 is 0 Å². The largest absolute Gasteiger partial charge is 0.372 e. The van der Waals surface area contributed by atoms with Crippen molar-refractivity contribution in [1.29, 1.82) is 0 Å². The molecule has 3 heteroatoms. The van der Waals surface area contributed by atoms with E-state index in [1.54, 1.807) is 0 Å². The summed E-state index contributed by atoms with van der Waals surface area (Å²) in [5.74, 6) is 0.890. The fourth-order valence-electron chi connectivity index (χ4n) is 3.96. The minimum atomic E-state index is 0.421. The maximum atomic E-state index is 6.17. The van der Waals surface area contributed by atoms with Crippen LogP contribution in [0.1, 0.15) is 40.0 Å². The van der Waals surface area contributed by atoms with E-state index in [0.717, 1.165) is 32.2 Å². The van der Waals surface area contributed by atoms with Crippen LogP contribution in [0.5, 0.6) is 0 Å². The molecule has 3 atom stereocenters. The third-order valence-electron chi connectivity index (χ3n) is 5.76. The van der Waals surface area contributed by atoms with E-state index in [4.69, 9.17) is 4.74 Å². The highest BCUT2D eigenvalue weighted by molar-refractivity contribution is 5.11. The Labute approximate surface area is 105 Å². The van der Waals surface area contributed by atoms with Crippen LogP contribution >= 0.6 is 0 Å². The summed E-state index contributed by atoms with van der Waals surface area (Å²) in [7, 11) is 0. The van der Waals surface area contributed by atoms with Gasteiger partial charge in [0.2, 0.25) is 0 Å². The zero-order valence-electron chi connectivity index (χ0n) is 11.8. The summed E-state index contributed by atoms with van der Waals surface area (Å²) in [5, 5.41) is 2.31. The maximum Gasteiger partial charge on any atom is 0.125 e. The Morgan fingerprint density at radius 1 is 1.29 bits per heavy atom. The van der Waals surface area contributed by atoms with Crippen molar-refractivity contribution in [2.45, 2.75) is 46.1 Å². The van der Waals surface area contributed by atoms with Gasteiger partial charge in [0.15, 0.2) is 0 Å². The van der Waals surface area contributed by atoms with Gasteiger partial charge < -0.3 is 15.8 Å². The van der Waals surface area contributed by atoms with Crippen molar-refractivity contribution < 1.29 is 15.8 Å². The first-order chi connectivity index (χ1) is 8.02. The number of quaternary nitrogens is 2. The molecule has 0 spiro atoms. The lowest BCUT2D eigenvalue weighted by Crippen LogP contribution is -2.88. The Balaban J connectivity index is 1.80. The molecule has 0 radical (unpaired) electrons. The van der Waals surface area contributed by atoms with Gasteiger partial charge in [-0.1, -0.05) is 20.8 Å². The molecule has 100 valence electrons. The van der Waals surface area contributed by atoms with Crippen molar-refractivity contribution in [3.05, 3.63) is 0 Å². The second-order valence-corrected chi connectivity index (χ2v) is 6.69. The number of hydrogen-bond acceptors (Lipinski definition) is 1. The summed E-state index contributed by atoms with van der Waals surface area (Å²) in [6.45, 7) is 11.5. The maximum absolute atomic E-state index is 6.17. The third-order valence-corrected chi connectivity index (χ3v) is 5.76. The highest BCUT2D eigenvalue weighted by atomic mass is 16.5. The lowest BCUT2D eigenvalue weighted by atomic mass is 9.70. The topological polar surface area (TPSA) is 53.5 Å². The molecular weight excluding hydrogens is 212 g/mol. The molecule has 2 rings (SSSR count). The predicted molar refractivity (Wildman–Crippen MR) is 68.4 cm³/mol. The number of fused-ring (bicyclic) bond motifs is 2. The molecule has 5 N–H and O–H groups in total. The summed E-state index contributed by atoms with van der Waals surface area (Å²) < 4.78 is 6.17. The SMILES string of the molecule is CC1(C)[C@H]2CC[C@]1(C)[C@@H](OCC[NH2+]CC[NH3+])C2. The van der Waals surface area contributed by atoms with Crippen LogP contribution in [-0.2, 0) is 4.74 Å². The zero-order valence-corrected chi connectivity index (χ0v) is 11.8. The van der Waals surface area contributed by atoms with Crippen LogP contribution in [0, 0.1) is 16.7 Å². The molecule has 0 unspecified atom stereocenters. The molecule has 2 saturated carbocycles. The molecule has 0 aliphatic heterocycles. The standard InChI is InChI=1S/C14H28N2O/c1-13(2)11-4-5-14(13,3)12(10-11)17-9-8-16-7-6-15/h11-12,16H,4-10,15H2,1-3H3/p+2/t11-,12-,14+/m0/s1. The van der Waals surface area contributed by atoms with Crippen LogP contribution in [-0.4, -0.2) is 32.3 Å². The second-order valence-electron chi connectivity index (χ2n) is 6.69. The van der Waals surface area contributed by atoms with Crippen LogP contribution in [0.4, 0.5) is 0 Å². The van der Waals surface area contributed by atoms with E-state index >= 15 is 0 Å². The highest BCUT2D eigenvalue weighted by Crippen LogP contribution is 2.66. The fraction of sp³-hybridized carbons (Fsp3) is 1.00. The van der Waals surface area contributed by atoms with Crippen LogP contribution in [0.25, 0.3) is 0 Å². The first kappa shape index (κ1) is 13.3. The summed E-state index contributed by atoms with van der Waals surface area (Å²) in [6.07, 6.45) is 4.57. The monoisotopic (exact) mass is 242 g/mol. The minimum Gasteiger partial charge on any atom is -0.372 e. The zero-order chi connectivity index (χ0) is 12.5. The van der Waals surface area contributed by atoms with Crippen molar-refractivity contribution in [2.24, 2.45) is 16.7 Å². The summed E-state index contributed by atoms with van der Waals surface area (Å²) in [4.78, 5) is 0. The average Bonchev–Trinajstić information content (AvgIpc) is 2.61. The van der Waals surface area contributed by atoms with Crippen molar-refractivity contribution in [2.75, 3.05) is 26.2 Å². The molecule has 0 heterocycles. The Morgan fingerprint density at radius 2 is 2.06 bits per heavy atom. The predicted octanol–water partition coefficient (Wildman–Crippen LogP) is 0.0231. The fourth-order valence-corrected chi connectivity index (χ4v) is 3.96. The Bertz CT molecular complexity index is 267. The van der Waals surface area contributed by atoms with Gasteiger partial charge in [0.25, 0.3) is 0 Å². The average molecular weight is 242 g/mol. The Hall–Kier alpha value is -0.120. The number of ether oxygens (including phenoxy) is 1. The first-order valence-corrected chi connectivity index (χ1v) is 7.25. The van der Waals surface area contributed by atoms with Gasteiger partial charge in [0.1, 0.15) is 13.1 Å². The van der Waals surface area contributed by atoms with Gasteiger partial charge in [-0.25, -0.2) is 0 Å². The molecular formula is C14H30N2O+2. The second kappa shape index (κ2) is 4.87. The molecule has 17 heavy (non-hydrogen) atoms. The number of rotatable bonds is 6. The van der Waals surface area contributed by atoms with Crippen molar-refractivity contribution >= 4 is 0 Å². The molecule has 0 aromatic heterocycles. The summed E-state index contributed by atoms with van der Waals surface area (Å²) in [5.41, 5.74) is 4.75. The summed E-state index contributed by atoms with van der Waals surface area (Å²) >= 11 is 0. The first-order valence-electron chi connectivity index (χ1n) is 7.25. The quantitative estimate of drug-likeness (QED) is 0.634. The Morgan fingerprint density at radius 3 is 2.59 bits per heavy atom. The van der Waals surface area contributed by atoms with Gasteiger partial charge in [-0.05, 0) is 36.0 Å². The lowest BCUT2D eigenvalue weighted by Gasteiger charge is -2.38. The van der Waals surface area contributed by atoms with Crippen LogP contribution in [0.2, 0.25) is 0 Å². The molecule has 2 aliphatic rings. The van der Waals surface area contributed by atoms with Gasteiger partial charge in [-0.15, -0.1) is 0 Å². The number of hydrogen-bond donors (Lipinski definition) is 2. The van der Waals surface area contributed by atoms with Crippen molar-refractivity contribution in [3.63, 3.8) is 0 Å². The van der Waals surface area contributed by atoms with E-state index in [9.17, 15) is 0 Å². The molecule has 0 aromatic carbocycles. The summed E-state index contributed by atoms with van der Waals surface area (Å²) in [6, 6.07) is 0. The van der Waals surface area contributed by atoms with Crippen LogP contribution < -0.4 is 11.1 Å². The van der Waals surface area contributed by atoms with Crippen molar-refractivity contribution in [3.8, 4) is 0 Å². The van der Waals surface area contributed by atoms with Crippen molar-refractivity contribution in [1.82, 2.24) is 0 Å². The highest BCUT2D eigenvalue weighted by Gasteiger charge is 2.61. The molecule has 0 amide bonds. The molecule has 2 aliphatic carbocycles. The molecule has 2 bridgehead atoms. The van der Waals surface area contributed by atoms with Gasteiger partial charge in [-0.3, -0.25) is 0 Å². The Kier molecular flexibility index (Phi) is 3.81. The van der Waals surface area contributed by atoms with E-state index in [-0.39, 0.29) is 0 Å². The smallest absolute Gasteiger partial charge is 0.125 e. The lowest BCUT2D eigenvalue weighted by molar-refractivity contribution is -0.671. The van der Waals surface area contributed by atoms with Gasteiger partial charge in [0.05, 0.1) is 19.3 Å².